The zero-order chi connectivity index (χ0) is 15.6. The highest BCUT2D eigenvalue weighted by atomic mass is 32.2. The second kappa shape index (κ2) is 6.54. The van der Waals surface area contributed by atoms with E-state index in [4.69, 9.17) is 5.11 Å². The molecule has 21 heavy (non-hydrogen) atoms. The highest BCUT2D eigenvalue weighted by Gasteiger charge is 2.31. The summed E-state index contributed by atoms with van der Waals surface area (Å²) in [5, 5.41) is 8.75. The number of hydrogen-bond donors (Lipinski definition) is 1. The second-order valence-corrected chi connectivity index (χ2v) is 8.74. The van der Waals surface area contributed by atoms with Crippen molar-refractivity contribution in [3.8, 4) is 0 Å². The molecule has 0 aliphatic carbocycles. The molecule has 1 aromatic heterocycles. The van der Waals surface area contributed by atoms with Gasteiger partial charge in [0.25, 0.3) is 0 Å². The summed E-state index contributed by atoms with van der Waals surface area (Å²) in [4.78, 5) is 12.2. The minimum absolute atomic E-state index is 0.0358. The fraction of sp³-hybridized carbons (Fsp3) is 0.643. The van der Waals surface area contributed by atoms with Crippen LogP contribution >= 0.6 is 11.8 Å². The molecule has 1 fully saturated rings. The van der Waals surface area contributed by atoms with Crippen molar-refractivity contribution in [3.05, 3.63) is 23.0 Å². The van der Waals surface area contributed by atoms with Gasteiger partial charge in [-0.2, -0.15) is 11.8 Å². The summed E-state index contributed by atoms with van der Waals surface area (Å²) in [5.74, 6) is 1.31. The zero-order valence-corrected chi connectivity index (χ0v) is 14.0. The molecule has 118 valence electrons. The van der Waals surface area contributed by atoms with E-state index < -0.39 is 9.84 Å². The van der Waals surface area contributed by atoms with E-state index in [2.05, 4.69) is 0 Å². The summed E-state index contributed by atoms with van der Waals surface area (Å²) >= 11 is 1.41. The maximum atomic E-state index is 12.2. The van der Waals surface area contributed by atoms with Crippen molar-refractivity contribution < 1.29 is 18.3 Å². The average molecular weight is 331 g/mol. The number of nitrogens with zero attached hydrogens (tertiary/aromatic N) is 1. The number of Topliss-reactive ketones (excluding diaryl/α,β-unsaturated/α-hetero) is 1. The van der Waals surface area contributed by atoms with Crippen molar-refractivity contribution in [3.63, 3.8) is 0 Å². The first-order valence-electron chi connectivity index (χ1n) is 6.96. The molecule has 7 heteroatoms. The van der Waals surface area contributed by atoms with Crippen molar-refractivity contribution in [1.29, 1.82) is 0 Å². The topological polar surface area (TPSA) is 76.4 Å². The van der Waals surface area contributed by atoms with Gasteiger partial charge in [-0.05, 0) is 26.3 Å². The van der Waals surface area contributed by atoms with Crippen LogP contribution in [0.15, 0.2) is 6.07 Å². The van der Waals surface area contributed by atoms with Crippen molar-refractivity contribution in [2.45, 2.75) is 26.3 Å². The average Bonchev–Trinajstić information content (AvgIpc) is 2.89. The highest BCUT2D eigenvalue weighted by molar-refractivity contribution is 8.00. The Hall–Kier alpha value is -0.790. The lowest BCUT2D eigenvalue weighted by atomic mass is 10.2. The van der Waals surface area contributed by atoms with Gasteiger partial charge in [-0.3, -0.25) is 4.79 Å². The Morgan fingerprint density at radius 2 is 2.19 bits per heavy atom. The Morgan fingerprint density at radius 1 is 1.48 bits per heavy atom. The first-order valence-corrected chi connectivity index (χ1v) is 9.94. The highest BCUT2D eigenvalue weighted by Crippen LogP contribution is 2.29. The number of aromatic nitrogens is 1. The predicted molar refractivity (Wildman–Crippen MR) is 85.0 cm³/mol. The zero-order valence-electron chi connectivity index (χ0n) is 12.3. The Labute approximate surface area is 129 Å². The van der Waals surface area contributed by atoms with Gasteiger partial charge >= 0.3 is 0 Å². The number of hydrogen-bond acceptors (Lipinski definition) is 5. The lowest BCUT2D eigenvalue weighted by Crippen LogP contribution is -2.14. The van der Waals surface area contributed by atoms with Crippen LogP contribution in [0.4, 0.5) is 0 Å². The van der Waals surface area contributed by atoms with Gasteiger partial charge in [0, 0.05) is 28.7 Å². The smallest absolute Gasteiger partial charge is 0.174 e. The first-order chi connectivity index (χ1) is 9.85. The Bertz CT molecular complexity index is 634. The van der Waals surface area contributed by atoms with Crippen LogP contribution in [0.3, 0.4) is 0 Å². The van der Waals surface area contributed by atoms with E-state index in [-0.39, 0.29) is 29.9 Å². The fourth-order valence-electron chi connectivity index (χ4n) is 2.91. The van der Waals surface area contributed by atoms with Crippen molar-refractivity contribution in [1.82, 2.24) is 4.57 Å². The number of carbonyl (C=O) groups is 1. The number of ketones is 1. The Kier molecular flexibility index (Phi) is 5.16. The van der Waals surface area contributed by atoms with Crippen LogP contribution in [-0.2, 0) is 9.84 Å². The van der Waals surface area contributed by atoms with Crippen molar-refractivity contribution in [2.75, 3.05) is 29.6 Å². The quantitative estimate of drug-likeness (QED) is 0.629. The molecule has 0 amide bonds. The van der Waals surface area contributed by atoms with Gasteiger partial charge in [0.2, 0.25) is 0 Å². The first kappa shape index (κ1) is 16.6. The van der Waals surface area contributed by atoms with E-state index in [0.717, 1.165) is 11.4 Å². The molecule has 2 rings (SSSR count). The number of sulfone groups is 1. The minimum atomic E-state index is -2.94. The molecule has 1 aromatic rings. The van der Waals surface area contributed by atoms with Crippen molar-refractivity contribution in [2.24, 2.45) is 0 Å². The Balaban J connectivity index is 2.20. The molecule has 0 spiro atoms. The number of rotatable bonds is 6. The summed E-state index contributed by atoms with van der Waals surface area (Å²) in [5.41, 5.74) is 2.46. The second-order valence-electron chi connectivity index (χ2n) is 5.41. The summed E-state index contributed by atoms with van der Waals surface area (Å²) < 4.78 is 25.3. The van der Waals surface area contributed by atoms with E-state index in [0.29, 0.717) is 23.5 Å². The van der Waals surface area contributed by atoms with Gasteiger partial charge in [0.15, 0.2) is 15.6 Å². The molecule has 1 atom stereocenters. The molecule has 1 saturated heterocycles. The maximum Gasteiger partial charge on any atom is 0.174 e. The van der Waals surface area contributed by atoms with Gasteiger partial charge in [-0.15, -0.1) is 0 Å². The molecule has 2 heterocycles. The summed E-state index contributed by atoms with van der Waals surface area (Å²) in [6.45, 7) is 3.86. The van der Waals surface area contributed by atoms with Crippen LogP contribution in [0.1, 0.15) is 34.2 Å². The van der Waals surface area contributed by atoms with Crippen LogP contribution in [-0.4, -0.2) is 53.5 Å². The summed E-state index contributed by atoms with van der Waals surface area (Å²) in [7, 11) is -2.94. The lowest BCUT2D eigenvalue weighted by molar-refractivity contribution is 0.102. The van der Waals surface area contributed by atoms with E-state index in [1.165, 1.54) is 11.8 Å². The van der Waals surface area contributed by atoms with Crippen molar-refractivity contribution >= 4 is 27.4 Å². The van der Waals surface area contributed by atoms with Crippen LogP contribution in [0.2, 0.25) is 0 Å². The van der Waals surface area contributed by atoms with Gasteiger partial charge < -0.3 is 9.67 Å². The molecule has 5 nitrogen and oxygen atoms in total. The Morgan fingerprint density at radius 3 is 2.76 bits per heavy atom. The maximum absolute atomic E-state index is 12.2. The molecular formula is C14H21NO4S2. The van der Waals surface area contributed by atoms with Crippen LogP contribution in [0.25, 0.3) is 0 Å². The number of aryl methyl sites for hydroxylation is 1. The number of carbonyl (C=O) groups excluding carboxylic acids is 1. The molecule has 1 aliphatic heterocycles. The van der Waals surface area contributed by atoms with Crippen LogP contribution in [0.5, 0.6) is 0 Å². The molecular weight excluding hydrogens is 310 g/mol. The third-order valence-corrected chi connectivity index (χ3v) is 6.52. The fourth-order valence-corrected chi connectivity index (χ4v) is 5.22. The lowest BCUT2D eigenvalue weighted by Gasteiger charge is -2.16. The van der Waals surface area contributed by atoms with Crippen LogP contribution in [0, 0.1) is 13.8 Å². The van der Waals surface area contributed by atoms with E-state index in [1.54, 1.807) is 0 Å². The summed E-state index contributed by atoms with van der Waals surface area (Å²) in [6.07, 6.45) is 0.617. The number of aliphatic hydroxyl groups excluding tert-OH is 1. The molecule has 0 unspecified atom stereocenters. The molecule has 0 saturated carbocycles. The van der Waals surface area contributed by atoms with Gasteiger partial charge in [-0.1, -0.05) is 0 Å². The SMILES string of the molecule is Cc1cc(C(=O)CSCCO)c(C)n1[C@@H]1CCS(=O)(=O)C1. The van der Waals surface area contributed by atoms with Crippen LogP contribution < -0.4 is 0 Å². The minimum Gasteiger partial charge on any atom is -0.396 e. The molecule has 0 radical (unpaired) electrons. The van der Waals surface area contributed by atoms with E-state index >= 15 is 0 Å². The molecule has 0 bridgehead atoms. The predicted octanol–water partition coefficient (Wildman–Crippen LogP) is 1.37. The third-order valence-electron chi connectivity index (χ3n) is 3.83. The number of thioether (sulfide) groups is 1. The third kappa shape index (κ3) is 3.70. The normalized spacial score (nSPS) is 20.8. The summed E-state index contributed by atoms with van der Waals surface area (Å²) in [6, 6.07) is 1.80. The van der Waals surface area contributed by atoms with E-state index in [9.17, 15) is 13.2 Å². The molecule has 1 aliphatic rings. The standard InChI is InChI=1S/C14H21NO4S2/c1-10-7-13(14(17)8-20-5-4-16)11(2)15(10)12-3-6-21(18,19)9-12/h7,12,16H,3-6,8-9H2,1-2H3/t12-/m1/s1. The number of aliphatic hydroxyl groups is 1. The largest absolute Gasteiger partial charge is 0.396 e. The molecule has 0 aromatic carbocycles. The monoisotopic (exact) mass is 331 g/mol. The van der Waals surface area contributed by atoms with Gasteiger partial charge in [-0.25, -0.2) is 8.42 Å². The van der Waals surface area contributed by atoms with Gasteiger partial charge in [0.1, 0.15) is 0 Å². The molecule has 1 N–H and O–H groups in total. The van der Waals surface area contributed by atoms with Gasteiger partial charge in [0.05, 0.1) is 23.9 Å². The van der Waals surface area contributed by atoms with E-state index in [1.807, 2.05) is 24.5 Å².